The van der Waals surface area contributed by atoms with Crippen LogP contribution in [0.1, 0.15) is 62.1 Å². The van der Waals surface area contributed by atoms with Crippen LogP contribution in [-0.2, 0) is 27.0 Å². The van der Waals surface area contributed by atoms with Gasteiger partial charge in [-0.1, -0.05) is 42.8 Å². The van der Waals surface area contributed by atoms with Gasteiger partial charge in [0.25, 0.3) is 0 Å². The SMILES string of the molecule is CCC1C(=O)N(C)CC/C=C/[C@H](O)[C@@H]2CC[C@H]2CN2C[C@@]3(CCCc4cc(Cl)ccc43)COc3ccc(cc32)[C@]1(O)C(=O)O. The number of hydrogen-bond donors (Lipinski definition) is 3. The Bertz CT molecular complexity index is 1460. The third kappa shape index (κ3) is 5.29. The summed E-state index contributed by atoms with van der Waals surface area (Å²) in [5.41, 5.74) is 0.575. The molecule has 4 aliphatic rings. The van der Waals surface area contributed by atoms with Gasteiger partial charge < -0.3 is 29.9 Å². The lowest BCUT2D eigenvalue weighted by Crippen LogP contribution is -2.51. The summed E-state index contributed by atoms with van der Waals surface area (Å²) < 4.78 is 6.58. The highest BCUT2D eigenvalue weighted by atomic mass is 35.5. The van der Waals surface area contributed by atoms with Crippen LogP contribution < -0.4 is 9.64 Å². The van der Waals surface area contributed by atoms with Crippen LogP contribution in [0.5, 0.6) is 5.75 Å². The maximum Gasteiger partial charge on any atom is 0.341 e. The fraction of sp³-hybridized carbons (Fsp3) is 0.543. The predicted octanol–water partition coefficient (Wildman–Crippen LogP) is 4.92. The molecule has 0 aromatic heterocycles. The lowest BCUT2D eigenvalue weighted by Gasteiger charge is -2.45. The molecule has 2 aliphatic heterocycles. The summed E-state index contributed by atoms with van der Waals surface area (Å²) in [6.07, 6.45) is 8.60. The maximum absolute atomic E-state index is 13.6. The zero-order chi connectivity index (χ0) is 31.2. The van der Waals surface area contributed by atoms with Crippen molar-refractivity contribution in [3.05, 3.63) is 70.3 Å². The first-order valence-corrected chi connectivity index (χ1v) is 16.3. The van der Waals surface area contributed by atoms with Crippen molar-refractivity contribution in [1.29, 1.82) is 0 Å². The first-order valence-electron chi connectivity index (χ1n) is 15.9. The first-order chi connectivity index (χ1) is 21.1. The van der Waals surface area contributed by atoms with Gasteiger partial charge in [-0.3, -0.25) is 4.79 Å². The minimum absolute atomic E-state index is 0.100. The summed E-state index contributed by atoms with van der Waals surface area (Å²) in [5.74, 6) is -2.13. The molecule has 236 valence electrons. The molecule has 9 heteroatoms. The van der Waals surface area contributed by atoms with Gasteiger partial charge in [0.1, 0.15) is 5.75 Å². The molecule has 0 saturated heterocycles. The van der Waals surface area contributed by atoms with Crippen molar-refractivity contribution in [2.45, 2.75) is 69.0 Å². The largest absolute Gasteiger partial charge is 0.490 e. The monoisotopic (exact) mass is 622 g/mol. The molecular weight excluding hydrogens is 580 g/mol. The highest BCUT2D eigenvalue weighted by Gasteiger charge is 2.51. The minimum atomic E-state index is -2.43. The van der Waals surface area contributed by atoms with Crippen molar-refractivity contribution in [1.82, 2.24) is 4.90 Å². The Hall–Kier alpha value is -3.07. The molecule has 2 bridgehead atoms. The number of aryl methyl sites for hydroxylation is 1. The maximum atomic E-state index is 13.6. The Morgan fingerprint density at radius 3 is 2.73 bits per heavy atom. The van der Waals surface area contributed by atoms with Gasteiger partial charge in [-0.15, -0.1) is 0 Å². The van der Waals surface area contributed by atoms with Gasteiger partial charge in [-0.05, 0) is 97.7 Å². The number of halogens is 1. The van der Waals surface area contributed by atoms with Crippen molar-refractivity contribution in [2.75, 3.05) is 38.2 Å². The first kappa shape index (κ1) is 30.9. The van der Waals surface area contributed by atoms with E-state index in [1.807, 2.05) is 18.2 Å². The van der Waals surface area contributed by atoms with Gasteiger partial charge in [0, 0.05) is 37.1 Å². The number of carbonyl (C=O) groups is 2. The Morgan fingerprint density at radius 2 is 2.00 bits per heavy atom. The summed E-state index contributed by atoms with van der Waals surface area (Å²) in [5, 5.41) is 34.3. The van der Waals surface area contributed by atoms with E-state index < -0.39 is 29.5 Å². The van der Waals surface area contributed by atoms with E-state index in [9.17, 15) is 24.9 Å². The van der Waals surface area contributed by atoms with Gasteiger partial charge in [-0.2, -0.15) is 0 Å². The number of rotatable bonds is 2. The minimum Gasteiger partial charge on any atom is -0.490 e. The van der Waals surface area contributed by atoms with Crippen molar-refractivity contribution < 1.29 is 29.6 Å². The lowest BCUT2D eigenvalue weighted by atomic mass is 9.68. The molecule has 3 N–H and O–H groups in total. The molecule has 1 amide bonds. The van der Waals surface area contributed by atoms with Crippen LogP contribution in [0.4, 0.5) is 5.69 Å². The average Bonchev–Trinajstić information content (AvgIpc) is 3.13. The number of aliphatic hydroxyl groups excluding tert-OH is 1. The van der Waals surface area contributed by atoms with Crippen molar-refractivity contribution in [3.8, 4) is 5.75 Å². The number of amides is 1. The second-order valence-electron chi connectivity index (χ2n) is 13.3. The summed E-state index contributed by atoms with van der Waals surface area (Å²) in [6.45, 7) is 3.82. The number of benzene rings is 2. The van der Waals surface area contributed by atoms with E-state index in [1.165, 1.54) is 16.0 Å². The van der Waals surface area contributed by atoms with Crippen molar-refractivity contribution in [3.63, 3.8) is 0 Å². The normalized spacial score (nSPS) is 33.0. The molecule has 2 aromatic carbocycles. The number of nitrogens with zero attached hydrogens (tertiary/aromatic N) is 2. The van der Waals surface area contributed by atoms with Crippen LogP contribution >= 0.6 is 11.6 Å². The molecule has 6 rings (SSSR count). The molecule has 2 aromatic rings. The van der Waals surface area contributed by atoms with Crippen LogP contribution in [0.15, 0.2) is 48.6 Å². The average molecular weight is 623 g/mol. The van der Waals surface area contributed by atoms with Crippen LogP contribution in [0, 0.1) is 17.8 Å². The summed E-state index contributed by atoms with van der Waals surface area (Å²) >= 11 is 6.40. The lowest BCUT2D eigenvalue weighted by molar-refractivity contribution is -0.173. The number of aliphatic hydroxyl groups is 2. The third-order valence-corrected chi connectivity index (χ3v) is 11.0. The molecule has 1 unspecified atom stereocenters. The Balaban J connectivity index is 1.49. The highest BCUT2D eigenvalue weighted by Crippen LogP contribution is 2.48. The third-order valence-electron chi connectivity index (χ3n) is 10.7. The second kappa shape index (κ2) is 12.0. The zero-order valence-corrected chi connectivity index (χ0v) is 26.3. The number of carboxylic acid groups (broad SMARTS) is 1. The fourth-order valence-corrected chi connectivity index (χ4v) is 8.25. The van der Waals surface area contributed by atoms with Crippen LogP contribution in [0.3, 0.4) is 0 Å². The molecule has 6 atom stereocenters. The summed E-state index contributed by atoms with van der Waals surface area (Å²) in [7, 11) is 1.63. The van der Waals surface area contributed by atoms with E-state index in [-0.39, 0.29) is 29.2 Å². The second-order valence-corrected chi connectivity index (χ2v) is 13.7. The number of fused-ring (bicyclic) bond motifs is 4. The standard InChI is InChI=1S/C35H43ClN2O6/c1-3-27-32(40)37(2)16-5-4-8-30(39)26-12-9-23(26)19-38-20-34(15-6-7-22-17-25(36)11-13-28(22)34)21-44-31-14-10-24(18-29(31)38)35(27,43)33(41)42/h4,8,10-11,13-14,17-18,23,26-27,30,39,43H,3,5-7,9,12,15-16,19-21H2,1-2H3,(H,41,42)/b8-4+/t23-,26+,27?,30-,34-,35+/m0/s1. The van der Waals surface area contributed by atoms with Gasteiger partial charge >= 0.3 is 5.97 Å². The topological polar surface area (TPSA) is 111 Å². The van der Waals surface area contributed by atoms with Crippen molar-refractivity contribution >= 4 is 29.2 Å². The van der Waals surface area contributed by atoms with Crippen LogP contribution in [0.25, 0.3) is 0 Å². The van der Waals surface area contributed by atoms with Gasteiger partial charge in [0.2, 0.25) is 5.91 Å². The number of carboxylic acids is 1. The summed E-state index contributed by atoms with van der Waals surface area (Å²) in [4.78, 5) is 30.3. The van der Waals surface area contributed by atoms with E-state index in [2.05, 4.69) is 17.0 Å². The molecular formula is C35H43ClN2O6. The van der Waals surface area contributed by atoms with Gasteiger partial charge in [-0.25, -0.2) is 4.79 Å². The predicted molar refractivity (Wildman–Crippen MR) is 169 cm³/mol. The highest BCUT2D eigenvalue weighted by molar-refractivity contribution is 6.30. The molecule has 0 radical (unpaired) electrons. The molecule has 8 nitrogen and oxygen atoms in total. The Labute approximate surface area is 264 Å². The molecule has 44 heavy (non-hydrogen) atoms. The number of anilines is 1. The smallest absolute Gasteiger partial charge is 0.341 e. The molecule has 1 saturated carbocycles. The molecule has 1 spiro atoms. The number of carbonyl (C=O) groups excluding carboxylic acids is 1. The van der Waals surface area contributed by atoms with Crippen LogP contribution in [0.2, 0.25) is 5.02 Å². The number of aliphatic carboxylic acids is 1. The Morgan fingerprint density at radius 1 is 1.18 bits per heavy atom. The molecule has 2 heterocycles. The Kier molecular flexibility index (Phi) is 8.46. The van der Waals surface area contributed by atoms with E-state index >= 15 is 0 Å². The van der Waals surface area contributed by atoms with E-state index in [1.54, 1.807) is 32.2 Å². The van der Waals surface area contributed by atoms with Crippen LogP contribution in [-0.4, -0.2) is 71.5 Å². The van der Waals surface area contributed by atoms with Gasteiger partial charge in [0.15, 0.2) is 5.60 Å². The quantitative estimate of drug-likeness (QED) is 0.408. The zero-order valence-electron chi connectivity index (χ0n) is 25.5. The number of hydrogen-bond acceptors (Lipinski definition) is 6. The van der Waals surface area contributed by atoms with Gasteiger partial charge in [0.05, 0.1) is 24.3 Å². The molecule has 1 fully saturated rings. The van der Waals surface area contributed by atoms with Crippen molar-refractivity contribution in [2.24, 2.45) is 17.8 Å². The molecule has 2 aliphatic carbocycles. The number of ether oxygens (including phenoxy) is 1. The van der Waals surface area contributed by atoms with E-state index in [0.717, 1.165) is 32.1 Å². The summed E-state index contributed by atoms with van der Waals surface area (Å²) in [6, 6.07) is 11.2. The fourth-order valence-electron chi connectivity index (χ4n) is 8.05. The van der Waals surface area contributed by atoms with E-state index in [0.29, 0.717) is 49.1 Å². The van der Waals surface area contributed by atoms with E-state index in [4.69, 9.17) is 16.3 Å².